The summed E-state index contributed by atoms with van der Waals surface area (Å²) in [4.78, 5) is 4.09. The number of anilines is 1. The Hall–Kier alpha value is -0.800. The lowest BCUT2D eigenvalue weighted by molar-refractivity contribution is 0.170. The monoisotopic (exact) mass is 214 g/mol. The van der Waals surface area contributed by atoms with Gasteiger partial charge in [-0.2, -0.15) is 0 Å². The van der Waals surface area contributed by atoms with Crippen LogP contribution in [0, 0.1) is 5.41 Å². The van der Waals surface area contributed by atoms with E-state index in [9.17, 15) is 0 Å². The second kappa shape index (κ2) is 4.62. The van der Waals surface area contributed by atoms with Gasteiger partial charge in [-0.05, 0) is 12.1 Å². The van der Waals surface area contributed by atoms with Crippen molar-refractivity contribution in [3.8, 4) is 0 Å². The van der Waals surface area contributed by atoms with Gasteiger partial charge in [0.1, 0.15) is 5.82 Å². The molecule has 0 aliphatic heterocycles. The van der Waals surface area contributed by atoms with Gasteiger partial charge in [0.2, 0.25) is 0 Å². The van der Waals surface area contributed by atoms with E-state index in [-0.39, 0.29) is 12.0 Å². The SMILES string of the molecule is CC(C)(CO)CNc1ccc(Cl)cn1. The molecule has 0 fully saturated rings. The Morgan fingerprint density at radius 2 is 2.21 bits per heavy atom. The van der Waals surface area contributed by atoms with Crippen LogP contribution in [0.2, 0.25) is 5.02 Å². The van der Waals surface area contributed by atoms with Gasteiger partial charge in [0.05, 0.1) is 5.02 Å². The third kappa shape index (κ3) is 3.52. The molecule has 3 nitrogen and oxygen atoms in total. The van der Waals surface area contributed by atoms with Gasteiger partial charge in [0, 0.05) is 24.8 Å². The topological polar surface area (TPSA) is 45.1 Å². The molecule has 0 aliphatic carbocycles. The minimum absolute atomic E-state index is 0.138. The molecule has 0 saturated carbocycles. The molecule has 14 heavy (non-hydrogen) atoms. The first kappa shape index (κ1) is 11.3. The average Bonchev–Trinajstić information content (AvgIpc) is 2.17. The van der Waals surface area contributed by atoms with Gasteiger partial charge < -0.3 is 10.4 Å². The van der Waals surface area contributed by atoms with Crippen molar-refractivity contribution in [2.75, 3.05) is 18.5 Å². The number of nitrogens with zero attached hydrogens (tertiary/aromatic N) is 1. The molecular weight excluding hydrogens is 200 g/mol. The smallest absolute Gasteiger partial charge is 0.126 e. The highest BCUT2D eigenvalue weighted by Gasteiger charge is 2.15. The standard InChI is InChI=1S/C10H15ClN2O/c1-10(2,7-14)6-13-9-4-3-8(11)5-12-9/h3-5,14H,6-7H2,1-2H3,(H,12,13). The third-order valence-corrected chi connectivity index (χ3v) is 2.13. The fraction of sp³-hybridized carbons (Fsp3) is 0.500. The minimum atomic E-state index is -0.138. The fourth-order valence-electron chi connectivity index (χ4n) is 0.866. The number of pyridine rings is 1. The fourth-order valence-corrected chi connectivity index (χ4v) is 0.978. The van der Waals surface area contributed by atoms with Crippen molar-refractivity contribution in [3.63, 3.8) is 0 Å². The predicted octanol–water partition coefficient (Wildman–Crippen LogP) is 2.17. The van der Waals surface area contributed by atoms with Crippen LogP contribution in [0.3, 0.4) is 0 Å². The average molecular weight is 215 g/mol. The summed E-state index contributed by atoms with van der Waals surface area (Å²) in [6.07, 6.45) is 1.59. The molecule has 0 saturated heterocycles. The van der Waals surface area contributed by atoms with Crippen LogP contribution in [0.25, 0.3) is 0 Å². The maximum Gasteiger partial charge on any atom is 0.126 e. The quantitative estimate of drug-likeness (QED) is 0.808. The lowest BCUT2D eigenvalue weighted by Crippen LogP contribution is -2.27. The molecule has 1 aromatic heterocycles. The van der Waals surface area contributed by atoms with E-state index in [1.807, 2.05) is 19.9 Å². The highest BCUT2D eigenvalue weighted by Crippen LogP contribution is 2.15. The summed E-state index contributed by atoms with van der Waals surface area (Å²) in [5.41, 5.74) is -0.138. The zero-order valence-corrected chi connectivity index (χ0v) is 9.17. The zero-order valence-electron chi connectivity index (χ0n) is 8.42. The Bertz CT molecular complexity index is 285. The van der Waals surface area contributed by atoms with Crippen LogP contribution in [0.5, 0.6) is 0 Å². The Kier molecular flexibility index (Phi) is 3.72. The zero-order chi connectivity index (χ0) is 10.6. The molecule has 0 radical (unpaired) electrons. The highest BCUT2D eigenvalue weighted by molar-refractivity contribution is 6.30. The molecule has 0 bridgehead atoms. The van der Waals surface area contributed by atoms with Crippen molar-refractivity contribution in [2.24, 2.45) is 5.41 Å². The molecule has 0 atom stereocenters. The number of aromatic nitrogens is 1. The minimum Gasteiger partial charge on any atom is -0.396 e. The van der Waals surface area contributed by atoms with Crippen molar-refractivity contribution in [3.05, 3.63) is 23.4 Å². The van der Waals surface area contributed by atoms with E-state index >= 15 is 0 Å². The van der Waals surface area contributed by atoms with E-state index in [0.29, 0.717) is 11.6 Å². The van der Waals surface area contributed by atoms with Gasteiger partial charge in [-0.3, -0.25) is 0 Å². The lowest BCUT2D eigenvalue weighted by Gasteiger charge is -2.22. The van der Waals surface area contributed by atoms with E-state index in [1.165, 1.54) is 0 Å². The number of hydrogen-bond donors (Lipinski definition) is 2. The molecule has 0 unspecified atom stereocenters. The van der Waals surface area contributed by atoms with Crippen molar-refractivity contribution in [1.82, 2.24) is 4.98 Å². The number of aliphatic hydroxyl groups excluding tert-OH is 1. The van der Waals surface area contributed by atoms with E-state index < -0.39 is 0 Å². The van der Waals surface area contributed by atoms with Crippen LogP contribution in [-0.4, -0.2) is 23.2 Å². The number of rotatable bonds is 4. The van der Waals surface area contributed by atoms with E-state index in [4.69, 9.17) is 16.7 Å². The summed E-state index contributed by atoms with van der Waals surface area (Å²) in [5.74, 6) is 0.774. The molecule has 4 heteroatoms. The van der Waals surface area contributed by atoms with Crippen LogP contribution >= 0.6 is 11.6 Å². The molecule has 1 rings (SSSR count). The van der Waals surface area contributed by atoms with Crippen molar-refractivity contribution in [1.29, 1.82) is 0 Å². The lowest BCUT2D eigenvalue weighted by atomic mass is 9.95. The molecule has 0 spiro atoms. The number of nitrogens with one attached hydrogen (secondary N) is 1. The molecule has 78 valence electrons. The van der Waals surface area contributed by atoms with Gasteiger partial charge in [-0.25, -0.2) is 4.98 Å². The van der Waals surface area contributed by atoms with Crippen molar-refractivity contribution in [2.45, 2.75) is 13.8 Å². The normalized spacial score (nSPS) is 11.4. The maximum absolute atomic E-state index is 9.03. The van der Waals surface area contributed by atoms with E-state index in [0.717, 1.165) is 5.82 Å². The molecule has 0 aliphatic rings. The van der Waals surface area contributed by atoms with E-state index in [1.54, 1.807) is 12.3 Å². The van der Waals surface area contributed by atoms with Gasteiger partial charge >= 0.3 is 0 Å². The molecule has 1 heterocycles. The number of halogens is 1. The summed E-state index contributed by atoms with van der Waals surface area (Å²) in [6, 6.07) is 3.60. The predicted molar refractivity (Wildman–Crippen MR) is 58.6 cm³/mol. The Morgan fingerprint density at radius 3 is 2.71 bits per heavy atom. The van der Waals surface area contributed by atoms with Crippen LogP contribution in [0.15, 0.2) is 18.3 Å². The van der Waals surface area contributed by atoms with Gasteiger partial charge in [-0.1, -0.05) is 25.4 Å². The van der Waals surface area contributed by atoms with E-state index in [2.05, 4.69) is 10.3 Å². The van der Waals surface area contributed by atoms with Crippen LogP contribution in [0.1, 0.15) is 13.8 Å². The molecule has 1 aromatic rings. The van der Waals surface area contributed by atoms with Gasteiger partial charge in [-0.15, -0.1) is 0 Å². The molecule has 0 amide bonds. The van der Waals surface area contributed by atoms with Crippen LogP contribution < -0.4 is 5.32 Å². The summed E-state index contributed by atoms with van der Waals surface area (Å²) < 4.78 is 0. The van der Waals surface area contributed by atoms with Crippen LogP contribution in [-0.2, 0) is 0 Å². The first-order valence-electron chi connectivity index (χ1n) is 4.50. The first-order chi connectivity index (χ1) is 6.53. The summed E-state index contributed by atoms with van der Waals surface area (Å²) in [7, 11) is 0. The highest BCUT2D eigenvalue weighted by atomic mass is 35.5. The van der Waals surface area contributed by atoms with Crippen molar-refractivity contribution >= 4 is 17.4 Å². The van der Waals surface area contributed by atoms with Gasteiger partial charge in [0.25, 0.3) is 0 Å². The number of hydrogen-bond acceptors (Lipinski definition) is 3. The Morgan fingerprint density at radius 1 is 1.50 bits per heavy atom. The van der Waals surface area contributed by atoms with Gasteiger partial charge in [0.15, 0.2) is 0 Å². The Balaban J connectivity index is 2.50. The summed E-state index contributed by atoms with van der Waals surface area (Å²) in [5, 5.41) is 12.8. The maximum atomic E-state index is 9.03. The first-order valence-corrected chi connectivity index (χ1v) is 4.87. The molecule has 0 aromatic carbocycles. The second-order valence-electron chi connectivity index (χ2n) is 4.04. The van der Waals surface area contributed by atoms with Crippen LogP contribution in [0.4, 0.5) is 5.82 Å². The second-order valence-corrected chi connectivity index (χ2v) is 4.47. The summed E-state index contributed by atoms with van der Waals surface area (Å²) >= 11 is 5.70. The third-order valence-electron chi connectivity index (χ3n) is 1.90. The Labute approximate surface area is 89.1 Å². The van der Waals surface area contributed by atoms with Crippen molar-refractivity contribution < 1.29 is 5.11 Å². The molecule has 2 N–H and O–H groups in total. The number of aliphatic hydroxyl groups is 1. The molecular formula is C10H15ClN2O. The summed E-state index contributed by atoms with van der Waals surface area (Å²) in [6.45, 7) is 4.79. The largest absolute Gasteiger partial charge is 0.396 e.